The molecule has 1 fully saturated rings. The van der Waals surface area contributed by atoms with Crippen molar-refractivity contribution in [3.63, 3.8) is 0 Å². The van der Waals surface area contributed by atoms with Crippen LogP contribution >= 0.6 is 15.9 Å². The summed E-state index contributed by atoms with van der Waals surface area (Å²) in [4.78, 5) is 47.5. The molecule has 0 bridgehead atoms. The minimum absolute atomic E-state index is 0.136. The Kier molecular flexibility index (Phi) is 5.60. The molecule has 1 unspecified atom stereocenters. The third-order valence-electron chi connectivity index (χ3n) is 3.44. The third-order valence-corrected chi connectivity index (χ3v) is 4.41. The first-order valence-corrected chi connectivity index (χ1v) is 8.04. The standard InChI is InChI=1S/C14H17BrN2O7/c1-6-4-17(14(21)16-12(6)20)13-10(15)11(23-8(3)19)9(24-13)5-22-7(2)18/h4,9-11,13H,5H2,1-3H3,(H,16,20,21)/t9?,10-,11-,13-/m0/s1. The number of H-pyrrole nitrogens is 1. The Hall–Kier alpha value is -1.94. The number of carbonyl (C=O) groups is 2. The molecule has 0 radical (unpaired) electrons. The molecule has 1 saturated heterocycles. The van der Waals surface area contributed by atoms with E-state index < -0.39 is 46.5 Å². The molecule has 0 aliphatic carbocycles. The molecule has 10 heteroatoms. The van der Waals surface area contributed by atoms with Crippen molar-refractivity contribution in [2.75, 3.05) is 6.61 Å². The molecule has 1 aliphatic heterocycles. The van der Waals surface area contributed by atoms with Crippen LogP contribution in [0, 0.1) is 6.92 Å². The first-order valence-electron chi connectivity index (χ1n) is 7.13. The number of hydrogen-bond donors (Lipinski definition) is 1. The monoisotopic (exact) mass is 404 g/mol. The van der Waals surface area contributed by atoms with E-state index in [9.17, 15) is 19.2 Å². The van der Waals surface area contributed by atoms with Gasteiger partial charge >= 0.3 is 17.6 Å². The molecule has 2 heterocycles. The Labute approximate surface area is 145 Å². The number of aryl methyl sites for hydroxylation is 1. The van der Waals surface area contributed by atoms with Gasteiger partial charge in [-0.3, -0.25) is 23.9 Å². The minimum Gasteiger partial charge on any atom is -0.463 e. The molecule has 4 atom stereocenters. The van der Waals surface area contributed by atoms with Gasteiger partial charge in [0.25, 0.3) is 5.56 Å². The van der Waals surface area contributed by atoms with Gasteiger partial charge in [-0.25, -0.2) is 4.79 Å². The number of aromatic nitrogens is 2. The van der Waals surface area contributed by atoms with Crippen LogP contribution in [0.5, 0.6) is 0 Å². The van der Waals surface area contributed by atoms with Crippen molar-refractivity contribution >= 4 is 27.9 Å². The van der Waals surface area contributed by atoms with Gasteiger partial charge in [0.2, 0.25) is 0 Å². The van der Waals surface area contributed by atoms with Crippen molar-refractivity contribution < 1.29 is 23.8 Å². The highest BCUT2D eigenvalue weighted by Gasteiger charge is 2.47. The maximum Gasteiger partial charge on any atom is 0.330 e. The molecule has 132 valence electrons. The summed E-state index contributed by atoms with van der Waals surface area (Å²) >= 11 is 3.37. The van der Waals surface area contributed by atoms with Crippen LogP contribution in [0.15, 0.2) is 15.8 Å². The van der Waals surface area contributed by atoms with Crippen molar-refractivity contribution in [3.05, 3.63) is 32.6 Å². The molecule has 0 saturated carbocycles. The van der Waals surface area contributed by atoms with Crippen molar-refractivity contribution in [2.45, 2.75) is 44.0 Å². The largest absolute Gasteiger partial charge is 0.463 e. The Bertz CT molecular complexity index is 756. The summed E-state index contributed by atoms with van der Waals surface area (Å²) in [6, 6.07) is 0. The highest BCUT2D eigenvalue weighted by Crippen LogP contribution is 2.36. The van der Waals surface area contributed by atoms with E-state index in [2.05, 4.69) is 20.9 Å². The minimum atomic E-state index is -0.849. The molecular weight excluding hydrogens is 388 g/mol. The van der Waals surface area contributed by atoms with Crippen molar-refractivity contribution in [1.82, 2.24) is 9.55 Å². The normalized spacial score (nSPS) is 26.2. The summed E-state index contributed by atoms with van der Waals surface area (Å²) in [6.45, 7) is 3.90. The first-order chi connectivity index (χ1) is 11.2. The number of aromatic amines is 1. The highest BCUT2D eigenvalue weighted by atomic mass is 79.9. The van der Waals surface area contributed by atoms with E-state index >= 15 is 0 Å². The lowest BCUT2D eigenvalue weighted by atomic mass is 10.2. The topological polar surface area (TPSA) is 117 Å². The van der Waals surface area contributed by atoms with Crippen molar-refractivity contribution in [3.8, 4) is 0 Å². The van der Waals surface area contributed by atoms with E-state index in [4.69, 9.17) is 14.2 Å². The number of halogens is 1. The van der Waals surface area contributed by atoms with Crippen LogP contribution in [0.3, 0.4) is 0 Å². The summed E-state index contributed by atoms with van der Waals surface area (Å²) in [5, 5.41) is 0. The summed E-state index contributed by atoms with van der Waals surface area (Å²) in [7, 11) is 0. The van der Waals surface area contributed by atoms with Gasteiger partial charge in [-0.2, -0.15) is 0 Å². The van der Waals surface area contributed by atoms with Crippen LogP contribution < -0.4 is 11.2 Å². The van der Waals surface area contributed by atoms with Gasteiger partial charge < -0.3 is 14.2 Å². The highest BCUT2D eigenvalue weighted by molar-refractivity contribution is 9.09. The lowest BCUT2D eigenvalue weighted by Crippen LogP contribution is -2.37. The second kappa shape index (κ2) is 7.31. The third kappa shape index (κ3) is 3.93. The van der Waals surface area contributed by atoms with Crippen LogP contribution in [-0.2, 0) is 23.8 Å². The maximum absolute atomic E-state index is 12.0. The molecule has 0 spiro atoms. The molecule has 1 aromatic heterocycles. The fraction of sp³-hybridized carbons (Fsp3) is 0.571. The van der Waals surface area contributed by atoms with Gasteiger partial charge in [0.05, 0.1) is 4.83 Å². The van der Waals surface area contributed by atoms with Crippen LogP contribution in [0.25, 0.3) is 0 Å². The quantitative estimate of drug-likeness (QED) is 0.554. The Morgan fingerprint density at radius 3 is 2.58 bits per heavy atom. The molecule has 2 rings (SSSR count). The molecule has 1 aliphatic rings. The van der Waals surface area contributed by atoms with Crippen LogP contribution in [-0.4, -0.2) is 45.1 Å². The second-order valence-corrected chi connectivity index (χ2v) is 6.42. The molecule has 1 aromatic rings. The molecule has 0 amide bonds. The Balaban J connectivity index is 2.33. The van der Waals surface area contributed by atoms with Crippen LogP contribution in [0.2, 0.25) is 0 Å². The summed E-state index contributed by atoms with van der Waals surface area (Å²) in [5.74, 6) is -1.04. The average molecular weight is 405 g/mol. The van der Waals surface area contributed by atoms with E-state index in [-0.39, 0.29) is 6.61 Å². The van der Waals surface area contributed by atoms with Crippen molar-refractivity contribution in [1.29, 1.82) is 0 Å². The zero-order valence-electron chi connectivity index (χ0n) is 13.3. The fourth-order valence-corrected chi connectivity index (χ4v) is 3.19. The predicted octanol–water partition coefficient (Wildman–Crippen LogP) is 0.000720. The lowest BCUT2D eigenvalue weighted by Gasteiger charge is -2.19. The molecule has 1 N–H and O–H groups in total. The van der Waals surface area contributed by atoms with Gasteiger partial charge in [-0.15, -0.1) is 0 Å². The molecular formula is C14H17BrN2O7. The Morgan fingerprint density at radius 2 is 2.00 bits per heavy atom. The number of ether oxygens (including phenoxy) is 3. The summed E-state index contributed by atoms with van der Waals surface area (Å²) in [6.07, 6.45) is -1.02. The summed E-state index contributed by atoms with van der Waals surface area (Å²) in [5.41, 5.74) is -0.825. The number of alkyl halides is 1. The number of nitrogens with one attached hydrogen (secondary N) is 1. The second-order valence-electron chi connectivity index (χ2n) is 5.36. The fourth-order valence-electron chi connectivity index (χ4n) is 2.36. The van der Waals surface area contributed by atoms with Gasteiger partial charge in [0.1, 0.15) is 18.8 Å². The van der Waals surface area contributed by atoms with Gasteiger partial charge in [0.15, 0.2) is 6.23 Å². The number of esters is 2. The average Bonchev–Trinajstić information content (AvgIpc) is 2.77. The van der Waals surface area contributed by atoms with Crippen molar-refractivity contribution in [2.24, 2.45) is 0 Å². The number of nitrogens with zero attached hydrogens (tertiary/aromatic N) is 1. The van der Waals surface area contributed by atoms with Crippen LogP contribution in [0.1, 0.15) is 25.6 Å². The SMILES string of the molecule is CC(=O)OCC1O[C@H](n2cc(C)c(=O)[nH]c2=O)[C@@H](Br)[C@H]1OC(C)=O. The van der Waals surface area contributed by atoms with E-state index in [1.54, 1.807) is 6.92 Å². The summed E-state index contributed by atoms with van der Waals surface area (Å²) < 4.78 is 17.1. The molecule has 9 nitrogen and oxygen atoms in total. The van der Waals surface area contributed by atoms with Gasteiger partial charge in [0, 0.05) is 25.6 Å². The van der Waals surface area contributed by atoms with Gasteiger partial charge in [-0.1, -0.05) is 15.9 Å². The van der Waals surface area contributed by atoms with E-state index in [0.29, 0.717) is 5.56 Å². The maximum atomic E-state index is 12.0. The number of carbonyl (C=O) groups excluding carboxylic acids is 2. The number of hydrogen-bond acceptors (Lipinski definition) is 7. The Morgan fingerprint density at radius 1 is 1.33 bits per heavy atom. The van der Waals surface area contributed by atoms with E-state index in [1.165, 1.54) is 24.6 Å². The smallest absolute Gasteiger partial charge is 0.330 e. The van der Waals surface area contributed by atoms with Crippen LogP contribution in [0.4, 0.5) is 0 Å². The van der Waals surface area contributed by atoms with Gasteiger partial charge in [-0.05, 0) is 6.92 Å². The lowest BCUT2D eigenvalue weighted by molar-refractivity contribution is -0.155. The number of rotatable bonds is 4. The molecule has 0 aromatic carbocycles. The van der Waals surface area contributed by atoms with E-state index in [1.807, 2.05) is 0 Å². The zero-order chi connectivity index (χ0) is 18.0. The zero-order valence-corrected chi connectivity index (χ0v) is 14.9. The predicted molar refractivity (Wildman–Crippen MR) is 84.9 cm³/mol. The molecule has 24 heavy (non-hydrogen) atoms. The van der Waals surface area contributed by atoms with E-state index in [0.717, 1.165) is 0 Å². The first kappa shape index (κ1) is 18.4.